The molecule has 1 aliphatic heterocycles. The summed E-state index contributed by atoms with van der Waals surface area (Å²) < 4.78 is 23.4. The van der Waals surface area contributed by atoms with E-state index in [1.807, 2.05) is 30.3 Å². The Morgan fingerprint density at radius 2 is 1.81 bits per heavy atom. The van der Waals surface area contributed by atoms with Crippen molar-refractivity contribution in [1.29, 1.82) is 0 Å². The Hall–Kier alpha value is -2.67. The highest BCUT2D eigenvalue weighted by atomic mass is 32.2. The predicted octanol–water partition coefficient (Wildman–Crippen LogP) is 2.58. The van der Waals surface area contributed by atoms with E-state index in [1.165, 1.54) is 12.1 Å². The first-order chi connectivity index (χ1) is 12.8. The van der Waals surface area contributed by atoms with Gasteiger partial charge in [-0.15, -0.1) is 0 Å². The van der Waals surface area contributed by atoms with Crippen LogP contribution in [0.5, 0.6) is 0 Å². The summed E-state index contributed by atoms with van der Waals surface area (Å²) in [5.41, 5.74) is 1.05. The van der Waals surface area contributed by atoms with Crippen LogP contribution in [0.25, 0.3) is 0 Å². The van der Waals surface area contributed by atoms with Crippen LogP contribution in [-0.2, 0) is 14.6 Å². The fourth-order valence-corrected chi connectivity index (χ4v) is 3.85. The highest BCUT2D eigenvalue weighted by molar-refractivity contribution is 7.90. The Morgan fingerprint density at radius 3 is 2.52 bits per heavy atom. The van der Waals surface area contributed by atoms with E-state index < -0.39 is 9.84 Å². The third-order valence-corrected chi connectivity index (χ3v) is 5.74. The molecule has 1 saturated heterocycles. The van der Waals surface area contributed by atoms with Gasteiger partial charge in [-0.25, -0.2) is 8.42 Å². The average molecular weight is 386 g/mol. The number of sulfone groups is 1. The Bertz CT molecular complexity index is 941. The second-order valence-electron chi connectivity index (χ2n) is 6.75. The third-order valence-electron chi connectivity index (χ3n) is 4.63. The molecule has 1 unspecified atom stereocenters. The standard InChI is InChI=1S/C20H22N2O4S/c1-27(25,26)18-11-5-7-15(13-18)20(24)22-12-6-8-16(14-22)19(23)21-17-9-3-2-4-10-17/h2-5,7,9-11,13,16H,6,8,12,14H2,1H3,(H,21,23). The van der Waals surface area contributed by atoms with Crippen molar-refractivity contribution in [2.75, 3.05) is 24.7 Å². The molecule has 142 valence electrons. The molecule has 7 heteroatoms. The zero-order valence-electron chi connectivity index (χ0n) is 15.1. The first-order valence-electron chi connectivity index (χ1n) is 8.80. The van der Waals surface area contributed by atoms with Crippen molar-refractivity contribution in [3.8, 4) is 0 Å². The van der Waals surface area contributed by atoms with Crippen LogP contribution in [0.2, 0.25) is 0 Å². The van der Waals surface area contributed by atoms with Crippen molar-refractivity contribution < 1.29 is 18.0 Å². The van der Waals surface area contributed by atoms with Gasteiger partial charge in [-0.05, 0) is 43.2 Å². The molecule has 6 nitrogen and oxygen atoms in total. The molecule has 2 aromatic rings. The van der Waals surface area contributed by atoms with Crippen LogP contribution in [0, 0.1) is 5.92 Å². The minimum absolute atomic E-state index is 0.108. The number of hydrogen-bond donors (Lipinski definition) is 1. The Balaban J connectivity index is 1.70. The predicted molar refractivity (Wildman–Crippen MR) is 103 cm³/mol. The van der Waals surface area contributed by atoms with E-state index in [2.05, 4.69) is 5.32 Å². The number of para-hydroxylation sites is 1. The molecule has 1 heterocycles. The van der Waals surface area contributed by atoms with E-state index in [1.54, 1.807) is 17.0 Å². The van der Waals surface area contributed by atoms with Gasteiger partial charge in [0.15, 0.2) is 9.84 Å². The third kappa shape index (κ3) is 4.74. The van der Waals surface area contributed by atoms with Crippen LogP contribution in [0.1, 0.15) is 23.2 Å². The van der Waals surface area contributed by atoms with E-state index >= 15 is 0 Å². The zero-order valence-corrected chi connectivity index (χ0v) is 15.9. The van der Waals surface area contributed by atoms with Crippen LogP contribution in [0.15, 0.2) is 59.5 Å². The first-order valence-corrected chi connectivity index (χ1v) is 10.7. The molecule has 1 atom stereocenters. The topological polar surface area (TPSA) is 83.6 Å². The van der Waals surface area contributed by atoms with Crippen LogP contribution in [0.4, 0.5) is 5.69 Å². The fraction of sp³-hybridized carbons (Fsp3) is 0.300. The molecule has 3 rings (SSSR count). The van der Waals surface area contributed by atoms with Crippen molar-refractivity contribution in [2.24, 2.45) is 5.92 Å². The van der Waals surface area contributed by atoms with Crippen LogP contribution in [-0.4, -0.2) is 44.5 Å². The maximum Gasteiger partial charge on any atom is 0.253 e. The molecule has 2 amide bonds. The monoisotopic (exact) mass is 386 g/mol. The first kappa shape index (κ1) is 19.1. The molecular weight excluding hydrogens is 364 g/mol. The summed E-state index contributed by atoms with van der Waals surface area (Å²) in [5.74, 6) is -0.651. The highest BCUT2D eigenvalue weighted by Gasteiger charge is 2.29. The minimum atomic E-state index is -3.38. The molecule has 0 bridgehead atoms. The van der Waals surface area contributed by atoms with E-state index in [0.29, 0.717) is 25.1 Å². The number of likely N-dealkylation sites (tertiary alicyclic amines) is 1. The summed E-state index contributed by atoms with van der Waals surface area (Å²) in [5, 5.41) is 2.88. The average Bonchev–Trinajstić information content (AvgIpc) is 2.68. The quantitative estimate of drug-likeness (QED) is 0.875. The largest absolute Gasteiger partial charge is 0.338 e. The molecule has 2 aromatic carbocycles. The maximum absolute atomic E-state index is 12.8. The molecular formula is C20H22N2O4S. The summed E-state index contributed by atoms with van der Waals surface area (Å²) in [4.78, 5) is 27.1. The Morgan fingerprint density at radius 1 is 1.07 bits per heavy atom. The summed E-state index contributed by atoms with van der Waals surface area (Å²) >= 11 is 0. The molecule has 0 aliphatic carbocycles. The SMILES string of the molecule is CS(=O)(=O)c1cccc(C(=O)N2CCCC(C(=O)Nc3ccccc3)C2)c1. The second kappa shape index (κ2) is 7.92. The van der Waals surface area contributed by atoms with Crippen molar-refractivity contribution in [3.63, 3.8) is 0 Å². The number of amides is 2. The highest BCUT2D eigenvalue weighted by Crippen LogP contribution is 2.21. The fourth-order valence-electron chi connectivity index (χ4n) is 3.18. The van der Waals surface area contributed by atoms with E-state index in [-0.39, 0.29) is 22.6 Å². The molecule has 0 radical (unpaired) electrons. The summed E-state index contributed by atoms with van der Waals surface area (Å²) in [6.45, 7) is 0.873. The van der Waals surface area contributed by atoms with Crippen LogP contribution in [0.3, 0.4) is 0 Å². The number of rotatable bonds is 4. The summed E-state index contributed by atoms with van der Waals surface area (Å²) in [6, 6.07) is 15.2. The molecule has 27 heavy (non-hydrogen) atoms. The lowest BCUT2D eigenvalue weighted by molar-refractivity contribution is -0.121. The number of carbonyl (C=O) groups excluding carboxylic acids is 2. The van der Waals surface area contributed by atoms with E-state index in [9.17, 15) is 18.0 Å². The van der Waals surface area contributed by atoms with Gasteiger partial charge < -0.3 is 10.2 Å². The van der Waals surface area contributed by atoms with Crippen LogP contribution < -0.4 is 5.32 Å². The lowest BCUT2D eigenvalue weighted by Crippen LogP contribution is -2.43. The number of nitrogens with zero attached hydrogens (tertiary/aromatic N) is 1. The molecule has 0 saturated carbocycles. The Kier molecular flexibility index (Phi) is 5.60. The number of benzene rings is 2. The van der Waals surface area contributed by atoms with Crippen molar-refractivity contribution in [1.82, 2.24) is 4.90 Å². The van der Waals surface area contributed by atoms with E-state index in [0.717, 1.165) is 18.4 Å². The van der Waals surface area contributed by atoms with Gasteiger partial charge in [-0.1, -0.05) is 24.3 Å². The zero-order chi connectivity index (χ0) is 19.4. The van der Waals surface area contributed by atoms with Gasteiger partial charge in [0.25, 0.3) is 5.91 Å². The van der Waals surface area contributed by atoms with E-state index in [4.69, 9.17) is 0 Å². The van der Waals surface area contributed by atoms with Gasteiger partial charge in [-0.3, -0.25) is 9.59 Å². The van der Waals surface area contributed by atoms with Crippen molar-refractivity contribution in [3.05, 3.63) is 60.2 Å². The van der Waals surface area contributed by atoms with Gasteiger partial charge in [0.1, 0.15) is 0 Å². The van der Waals surface area contributed by atoms with Crippen LogP contribution >= 0.6 is 0 Å². The number of anilines is 1. The number of nitrogens with one attached hydrogen (secondary N) is 1. The van der Waals surface area contributed by atoms with Gasteiger partial charge in [0.2, 0.25) is 5.91 Å². The number of carbonyl (C=O) groups is 2. The van der Waals surface area contributed by atoms with Crippen molar-refractivity contribution >= 4 is 27.3 Å². The maximum atomic E-state index is 12.8. The van der Waals surface area contributed by atoms with Gasteiger partial charge >= 0.3 is 0 Å². The van der Waals surface area contributed by atoms with Crippen molar-refractivity contribution in [2.45, 2.75) is 17.7 Å². The smallest absolute Gasteiger partial charge is 0.253 e. The molecule has 1 aliphatic rings. The molecule has 0 aromatic heterocycles. The number of hydrogen-bond acceptors (Lipinski definition) is 4. The van der Waals surface area contributed by atoms with Gasteiger partial charge in [-0.2, -0.15) is 0 Å². The summed E-state index contributed by atoms with van der Waals surface area (Å²) in [6.07, 6.45) is 2.55. The van der Waals surface area contributed by atoms with Gasteiger partial charge in [0.05, 0.1) is 10.8 Å². The molecule has 1 fully saturated rings. The normalized spacial score (nSPS) is 17.4. The lowest BCUT2D eigenvalue weighted by Gasteiger charge is -2.32. The minimum Gasteiger partial charge on any atom is -0.338 e. The van der Waals surface area contributed by atoms with Gasteiger partial charge in [0, 0.05) is 30.6 Å². The molecule has 0 spiro atoms. The summed E-state index contributed by atoms with van der Waals surface area (Å²) in [7, 11) is -3.38. The molecule has 1 N–H and O–H groups in total. The lowest BCUT2D eigenvalue weighted by atomic mass is 9.96. The second-order valence-corrected chi connectivity index (χ2v) is 8.76. The Labute approximate surface area is 159 Å². The number of piperidine rings is 1.